The van der Waals surface area contributed by atoms with Crippen molar-refractivity contribution in [3.05, 3.63) is 76.0 Å². The van der Waals surface area contributed by atoms with Gasteiger partial charge in [0.1, 0.15) is 29.0 Å². The number of rotatable bonds is 8. The third kappa shape index (κ3) is 5.63. The molecule has 0 saturated carbocycles. The zero-order valence-electron chi connectivity index (χ0n) is 29.9. The lowest BCUT2D eigenvalue weighted by molar-refractivity contribution is -0.256. The summed E-state index contributed by atoms with van der Waals surface area (Å²) in [6.45, 7) is 6.65. The third-order valence-corrected chi connectivity index (χ3v) is 11.3. The number of allylic oxidation sites excluding steroid dienone is 1. The molecule has 3 saturated heterocycles. The number of amides is 2. The number of morpholine rings is 1. The molecule has 0 spiro atoms. The third-order valence-electron chi connectivity index (χ3n) is 11.3. The second-order valence-corrected chi connectivity index (χ2v) is 14.3. The molecule has 6 aliphatic rings. The Morgan fingerprint density at radius 2 is 1.85 bits per heavy atom. The van der Waals surface area contributed by atoms with Crippen LogP contribution < -0.4 is 10.1 Å². The smallest absolute Gasteiger partial charge is 0.252 e. The van der Waals surface area contributed by atoms with Gasteiger partial charge in [0.25, 0.3) is 11.8 Å². The number of aliphatic hydroxyl groups is 1. The minimum Gasteiger partial charge on any atom is -0.507 e. The number of phenolic OH excluding ortho intramolecular Hbond substituents is 2. The monoisotopic (exact) mass is 747 g/mol. The van der Waals surface area contributed by atoms with Crippen LogP contribution in [0.1, 0.15) is 68.8 Å². The quantitative estimate of drug-likeness (QED) is 0.239. The van der Waals surface area contributed by atoms with Crippen molar-refractivity contribution in [2.24, 2.45) is 0 Å². The number of carbonyl (C=O) groups excluding carboxylic acids is 4. The summed E-state index contributed by atoms with van der Waals surface area (Å²) in [4.78, 5) is 57.6. The molecule has 16 heteroatoms. The summed E-state index contributed by atoms with van der Waals surface area (Å²) in [7, 11) is 2.88. The molecule has 4 heterocycles. The van der Waals surface area contributed by atoms with Crippen molar-refractivity contribution in [2.45, 2.75) is 74.9 Å². The number of nitrogens with one attached hydrogen (secondary N) is 1. The summed E-state index contributed by atoms with van der Waals surface area (Å²) in [6, 6.07) is 4.26. The number of carbonyl (C=O) groups is 4. The van der Waals surface area contributed by atoms with Crippen molar-refractivity contribution in [1.82, 2.24) is 15.1 Å². The van der Waals surface area contributed by atoms with Crippen LogP contribution in [0.15, 0.2) is 42.6 Å². The Morgan fingerprint density at radius 1 is 1.07 bits per heavy atom. The molecule has 4 aliphatic heterocycles. The van der Waals surface area contributed by atoms with Crippen LogP contribution in [0, 0.1) is 0 Å². The number of ether oxygens (including phenoxy) is 6. The lowest BCUT2D eigenvalue weighted by atomic mass is 9.72. The molecule has 54 heavy (non-hydrogen) atoms. The number of ketones is 2. The van der Waals surface area contributed by atoms with E-state index >= 15 is 0 Å². The van der Waals surface area contributed by atoms with Crippen molar-refractivity contribution in [2.75, 3.05) is 40.5 Å². The Kier molecular flexibility index (Phi) is 9.12. The van der Waals surface area contributed by atoms with Gasteiger partial charge in [-0.3, -0.25) is 24.1 Å². The first-order chi connectivity index (χ1) is 25.9. The Morgan fingerprint density at radius 3 is 2.57 bits per heavy atom. The summed E-state index contributed by atoms with van der Waals surface area (Å²) in [5.74, 6) is -3.83. The van der Waals surface area contributed by atoms with Gasteiger partial charge in [0.15, 0.2) is 24.6 Å². The Balaban J connectivity index is 1.15. The van der Waals surface area contributed by atoms with Gasteiger partial charge in [-0.2, -0.15) is 0 Å². The van der Waals surface area contributed by atoms with Crippen LogP contribution in [0.5, 0.6) is 17.2 Å². The minimum absolute atomic E-state index is 0.0410. The normalized spacial score (nSPS) is 31.5. The van der Waals surface area contributed by atoms with E-state index < -0.39 is 89.6 Å². The van der Waals surface area contributed by atoms with E-state index in [-0.39, 0.29) is 65.6 Å². The molecule has 0 radical (unpaired) electrons. The number of fused-ring (bicyclic) bond motifs is 6. The highest BCUT2D eigenvalue weighted by Crippen LogP contribution is 2.53. The number of phenols is 2. The Hall–Kier alpha value is -4.68. The van der Waals surface area contributed by atoms with E-state index in [0.29, 0.717) is 18.8 Å². The maximum absolute atomic E-state index is 14.1. The van der Waals surface area contributed by atoms with Gasteiger partial charge in [-0.1, -0.05) is 18.7 Å². The van der Waals surface area contributed by atoms with Gasteiger partial charge in [0.2, 0.25) is 5.78 Å². The summed E-state index contributed by atoms with van der Waals surface area (Å²) in [5, 5.41) is 38.6. The van der Waals surface area contributed by atoms with Crippen molar-refractivity contribution in [1.29, 1.82) is 0 Å². The highest BCUT2D eigenvalue weighted by molar-refractivity contribution is 6.31. The van der Waals surface area contributed by atoms with E-state index in [2.05, 4.69) is 16.8 Å². The molecule has 2 aromatic rings. The molecule has 2 aromatic carbocycles. The number of methoxy groups -OCH3 is 2. The minimum atomic E-state index is -2.25. The number of benzene rings is 2. The molecule has 2 amide bonds. The molecule has 3 fully saturated rings. The summed E-state index contributed by atoms with van der Waals surface area (Å²) in [5.41, 5.74) is -3.00. The molecule has 8 rings (SSSR count). The van der Waals surface area contributed by atoms with Crippen LogP contribution in [0.3, 0.4) is 0 Å². The van der Waals surface area contributed by atoms with E-state index in [9.17, 15) is 34.5 Å². The van der Waals surface area contributed by atoms with Crippen molar-refractivity contribution in [3.63, 3.8) is 0 Å². The number of nitrogens with zero attached hydrogens (tertiary/aromatic N) is 2. The molecule has 0 unspecified atom stereocenters. The van der Waals surface area contributed by atoms with Gasteiger partial charge < -0.3 is 54.0 Å². The van der Waals surface area contributed by atoms with Crippen LogP contribution in [-0.2, 0) is 39.7 Å². The maximum atomic E-state index is 14.1. The first-order valence-corrected chi connectivity index (χ1v) is 17.8. The van der Waals surface area contributed by atoms with E-state index in [1.807, 2.05) is 6.92 Å². The number of hydrogen-bond donors (Lipinski definition) is 4. The summed E-state index contributed by atoms with van der Waals surface area (Å²) in [6.07, 6.45) is -2.01. The van der Waals surface area contributed by atoms with Gasteiger partial charge in [0, 0.05) is 80.5 Å². The molecule has 16 nitrogen and oxygen atoms in total. The fraction of sp³-hybridized carbons (Fsp3) is 0.474. The predicted molar refractivity (Wildman–Crippen MR) is 185 cm³/mol. The van der Waals surface area contributed by atoms with Gasteiger partial charge in [0.05, 0.1) is 42.6 Å². The number of aromatic hydroxyl groups is 2. The molecule has 0 aromatic heterocycles. The zero-order valence-corrected chi connectivity index (χ0v) is 29.9. The molecule has 0 bridgehead atoms. The molecule has 286 valence electrons. The average molecular weight is 748 g/mol. The standard InChI is InChI=1S/C38H41N3O13/c1-17-8-9-24(42)40(17)11-10-39-37(47)38(48)15-20-27(33(46)29-28(31(20)44)30(43)19-6-5-7-22(49-3)26(19)32(29)45)23(16-38)53-25-14-21-34(18(2)52-25)54-35-36(50-4)51-13-12-41(21)35/h5-9,18,21,23,25,34-36,44,46,48H,1,10-16H2,2-4H3,(H,39,47)/t18-,21-,23-,25-,34+,35+,36-,38-/m0/s1. The molecule has 4 N–H and O–H groups in total. The van der Waals surface area contributed by atoms with Gasteiger partial charge in [-0.15, -0.1) is 0 Å². The topological polar surface area (TPSA) is 203 Å². The number of hydrogen-bond acceptors (Lipinski definition) is 14. The fourth-order valence-electron chi connectivity index (χ4n) is 8.69. The lowest BCUT2D eigenvalue weighted by Crippen LogP contribution is -2.55. The van der Waals surface area contributed by atoms with Crippen molar-refractivity contribution in [3.8, 4) is 17.2 Å². The lowest BCUT2D eigenvalue weighted by Gasteiger charge is -2.43. The van der Waals surface area contributed by atoms with Crippen LogP contribution in [-0.4, -0.2) is 132 Å². The predicted octanol–water partition coefficient (Wildman–Crippen LogP) is 1.18. The average Bonchev–Trinajstić information content (AvgIpc) is 3.70. The molecule has 8 atom stereocenters. The van der Waals surface area contributed by atoms with E-state index in [0.717, 1.165) is 0 Å². The molecular weight excluding hydrogens is 706 g/mol. The zero-order chi connectivity index (χ0) is 38.2. The van der Waals surface area contributed by atoms with Gasteiger partial charge in [-0.25, -0.2) is 0 Å². The first-order valence-electron chi connectivity index (χ1n) is 17.8. The van der Waals surface area contributed by atoms with E-state index in [4.69, 9.17) is 28.4 Å². The van der Waals surface area contributed by atoms with Gasteiger partial charge in [-0.05, 0) is 19.1 Å². The highest BCUT2D eigenvalue weighted by atomic mass is 16.7. The van der Waals surface area contributed by atoms with E-state index in [1.54, 1.807) is 6.08 Å². The highest BCUT2D eigenvalue weighted by Gasteiger charge is 2.55. The van der Waals surface area contributed by atoms with Crippen LogP contribution in [0.25, 0.3) is 0 Å². The Labute approximate surface area is 309 Å². The SMILES string of the molecule is C=C1C=CC(=O)N1CCNC(=O)[C@]1(O)Cc2c(O)c3c(c(O)c2[C@@H](O[C@H]2C[C@H]4[C@H](O[C@@H]5[C@@H](OC)OCCN54)[C@H](C)O2)C1)C(=O)c1c(OC)cccc1C3=O. The van der Waals surface area contributed by atoms with Crippen LogP contribution in [0.2, 0.25) is 0 Å². The molecule has 2 aliphatic carbocycles. The van der Waals surface area contributed by atoms with Crippen molar-refractivity contribution >= 4 is 23.4 Å². The maximum Gasteiger partial charge on any atom is 0.252 e. The van der Waals surface area contributed by atoms with E-state index in [1.165, 1.54) is 43.4 Å². The van der Waals surface area contributed by atoms with Crippen LogP contribution in [0.4, 0.5) is 0 Å². The van der Waals surface area contributed by atoms with Gasteiger partial charge >= 0.3 is 0 Å². The second kappa shape index (κ2) is 13.6. The van der Waals surface area contributed by atoms with Crippen molar-refractivity contribution < 1.29 is 62.9 Å². The summed E-state index contributed by atoms with van der Waals surface area (Å²) < 4.78 is 35.8. The first kappa shape index (κ1) is 36.3. The second-order valence-electron chi connectivity index (χ2n) is 14.3. The Bertz CT molecular complexity index is 1980. The van der Waals surface area contributed by atoms with Crippen LogP contribution >= 0.6 is 0 Å². The molecular formula is C38H41N3O13. The largest absolute Gasteiger partial charge is 0.507 e. The summed E-state index contributed by atoms with van der Waals surface area (Å²) >= 11 is 0. The fourth-order valence-corrected chi connectivity index (χ4v) is 8.69.